The van der Waals surface area contributed by atoms with E-state index in [2.05, 4.69) is 15.6 Å². The van der Waals surface area contributed by atoms with Crippen molar-refractivity contribution < 1.29 is 19.1 Å². The van der Waals surface area contributed by atoms with Crippen LogP contribution < -0.4 is 10.6 Å². The number of carbonyl (C=O) groups is 3. The maximum Gasteiger partial charge on any atom is 0.322 e. The van der Waals surface area contributed by atoms with Gasteiger partial charge < -0.3 is 20.3 Å². The molecule has 3 amide bonds. The molecule has 0 spiro atoms. The van der Waals surface area contributed by atoms with Gasteiger partial charge in [0.2, 0.25) is 5.91 Å². The number of carbonyl (C=O) groups excluding carboxylic acids is 3. The van der Waals surface area contributed by atoms with Crippen LogP contribution in [0.25, 0.3) is 10.6 Å². The fourth-order valence-corrected chi connectivity index (χ4v) is 4.79. The predicted octanol–water partition coefficient (Wildman–Crippen LogP) is 4.23. The lowest BCUT2D eigenvalue weighted by Gasteiger charge is -2.24. The van der Waals surface area contributed by atoms with Gasteiger partial charge in [-0.1, -0.05) is 42.5 Å². The lowest BCUT2D eigenvalue weighted by Crippen LogP contribution is -2.47. The Hall–Kier alpha value is -3.72. The van der Waals surface area contributed by atoms with Gasteiger partial charge in [-0.15, -0.1) is 11.3 Å². The number of anilines is 1. The van der Waals surface area contributed by atoms with Crippen LogP contribution in [0.1, 0.15) is 31.0 Å². The molecule has 1 aliphatic heterocycles. The number of hydrogen-bond acceptors (Lipinski definition) is 6. The minimum Gasteiger partial charge on any atom is -0.466 e. The highest BCUT2D eigenvalue weighted by Crippen LogP contribution is 2.24. The number of likely N-dealkylation sites (tertiary alicyclic amines) is 1. The molecule has 2 heterocycles. The highest BCUT2D eigenvalue weighted by Gasteiger charge is 2.34. The van der Waals surface area contributed by atoms with Gasteiger partial charge in [0.1, 0.15) is 11.0 Å². The smallest absolute Gasteiger partial charge is 0.322 e. The van der Waals surface area contributed by atoms with Crippen molar-refractivity contribution in [2.75, 3.05) is 18.5 Å². The maximum absolute atomic E-state index is 12.9. The van der Waals surface area contributed by atoms with E-state index in [-0.39, 0.29) is 24.3 Å². The number of urea groups is 1. The Kier molecular flexibility index (Phi) is 8.10. The molecule has 0 aliphatic carbocycles. The first-order valence-corrected chi connectivity index (χ1v) is 12.5. The average molecular weight is 493 g/mol. The molecule has 1 aromatic heterocycles. The summed E-state index contributed by atoms with van der Waals surface area (Å²) in [4.78, 5) is 43.5. The molecule has 182 valence electrons. The van der Waals surface area contributed by atoms with Crippen LogP contribution >= 0.6 is 11.3 Å². The Bertz CT molecular complexity index is 1160. The van der Waals surface area contributed by atoms with E-state index in [4.69, 9.17) is 4.74 Å². The molecule has 0 radical (unpaired) electrons. The van der Waals surface area contributed by atoms with Crippen molar-refractivity contribution in [3.63, 3.8) is 0 Å². The third-order valence-corrected chi connectivity index (χ3v) is 6.63. The number of nitrogens with zero attached hydrogens (tertiary/aromatic N) is 2. The summed E-state index contributed by atoms with van der Waals surface area (Å²) in [5, 5.41) is 8.63. The van der Waals surface area contributed by atoms with Crippen LogP contribution in [-0.4, -0.2) is 47.0 Å². The highest BCUT2D eigenvalue weighted by atomic mass is 32.1. The van der Waals surface area contributed by atoms with E-state index in [9.17, 15) is 14.4 Å². The van der Waals surface area contributed by atoms with Crippen molar-refractivity contribution in [3.05, 3.63) is 71.2 Å². The SMILES string of the molecule is CCOC(=O)Cc1ccc(NC(=O)N2CCC[C@@H]2C(=O)NCc2csc(-c3ccccc3)n2)cc1. The number of esters is 1. The lowest BCUT2D eigenvalue weighted by molar-refractivity contribution is -0.142. The van der Waals surface area contributed by atoms with Crippen LogP contribution in [0.3, 0.4) is 0 Å². The van der Waals surface area contributed by atoms with Gasteiger partial charge in [-0.05, 0) is 37.5 Å². The van der Waals surface area contributed by atoms with Crippen LogP contribution in [0.15, 0.2) is 60.0 Å². The molecule has 35 heavy (non-hydrogen) atoms. The molecule has 2 N–H and O–H groups in total. The quantitative estimate of drug-likeness (QED) is 0.459. The zero-order valence-electron chi connectivity index (χ0n) is 19.5. The summed E-state index contributed by atoms with van der Waals surface area (Å²) in [6.07, 6.45) is 1.56. The fraction of sp³-hybridized carbons (Fsp3) is 0.308. The third-order valence-electron chi connectivity index (χ3n) is 5.69. The topological polar surface area (TPSA) is 101 Å². The molecule has 1 aliphatic rings. The largest absolute Gasteiger partial charge is 0.466 e. The highest BCUT2D eigenvalue weighted by molar-refractivity contribution is 7.13. The van der Waals surface area contributed by atoms with Crippen LogP contribution in [0, 0.1) is 0 Å². The van der Waals surface area contributed by atoms with E-state index in [0.29, 0.717) is 31.8 Å². The Morgan fingerprint density at radius 3 is 2.63 bits per heavy atom. The zero-order chi connectivity index (χ0) is 24.6. The number of benzene rings is 2. The first-order valence-electron chi connectivity index (χ1n) is 11.6. The first-order chi connectivity index (χ1) is 17.0. The predicted molar refractivity (Wildman–Crippen MR) is 135 cm³/mol. The number of hydrogen-bond donors (Lipinski definition) is 2. The molecule has 1 atom stereocenters. The summed E-state index contributed by atoms with van der Waals surface area (Å²) in [7, 11) is 0. The normalized spacial score (nSPS) is 15.0. The summed E-state index contributed by atoms with van der Waals surface area (Å²) < 4.78 is 4.96. The van der Waals surface area contributed by atoms with E-state index in [1.54, 1.807) is 36.1 Å². The van der Waals surface area contributed by atoms with Crippen LogP contribution in [0.4, 0.5) is 10.5 Å². The molecule has 1 fully saturated rings. The van der Waals surface area contributed by atoms with Crippen molar-refractivity contribution in [3.8, 4) is 10.6 Å². The van der Waals surface area contributed by atoms with Gasteiger partial charge in [0.05, 0.1) is 25.3 Å². The van der Waals surface area contributed by atoms with E-state index >= 15 is 0 Å². The van der Waals surface area contributed by atoms with Crippen molar-refractivity contribution in [2.45, 2.75) is 38.8 Å². The average Bonchev–Trinajstić information content (AvgIpc) is 3.55. The van der Waals surface area contributed by atoms with Gasteiger partial charge in [0.25, 0.3) is 0 Å². The summed E-state index contributed by atoms with van der Waals surface area (Å²) in [5.41, 5.74) is 3.24. The van der Waals surface area contributed by atoms with Gasteiger partial charge >= 0.3 is 12.0 Å². The molecule has 3 aromatic rings. The summed E-state index contributed by atoms with van der Waals surface area (Å²) in [5.74, 6) is -0.471. The van der Waals surface area contributed by atoms with Crippen LogP contribution in [0.5, 0.6) is 0 Å². The second-order valence-corrected chi connectivity index (χ2v) is 9.05. The van der Waals surface area contributed by atoms with Crippen molar-refractivity contribution in [1.82, 2.24) is 15.2 Å². The lowest BCUT2D eigenvalue weighted by atomic mass is 10.1. The molecule has 9 heteroatoms. The Morgan fingerprint density at radius 1 is 1.11 bits per heavy atom. The van der Waals surface area contributed by atoms with E-state index in [1.165, 1.54) is 11.3 Å². The van der Waals surface area contributed by atoms with Crippen molar-refractivity contribution in [2.24, 2.45) is 0 Å². The molecule has 2 aromatic carbocycles. The second-order valence-electron chi connectivity index (χ2n) is 8.19. The third kappa shape index (κ3) is 6.45. The Labute approximate surface area is 208 Å². The number of nitrogens with one attached hydrogen (secondary N) is 2. The molecule has 8 nitrogen and oxygen atoms in total. The maximum atomic E-state index is 12.9. The van der Waals surface area contributed by atoms with Crippen molar-refractivity contribution in [1.29, 1.82) is 0 Å². The monoisotopic (exact) mass is 492 g/mol. The van der Waals surface area contributed by atoms with E-state index in [1.807, 2.05) is 35.7 Å². The Balaban J connectivity index is 1.30. The number of aromatic nitrogens is 1. The molecule has 0 bridgehead atoms. The minimum absolute atomic E-state index is 0.183. The number of amides is 3. The number of ether oxygens (including phenoxy) is 1. The minimum atomic E-state index is -0.523. The van der Waals surface area contributed by atoms with Gasteiger partial charge in [0.15, 0.2) is 0 Å². The molecular weight excluding hydrogens is 464 g/mol. The standard InChI is InChI=1S/C26H28N4O4S/c1-2-34-23(31)15-18-10-12-20(13-11-18)29-26(33)30-14-6-9-22(30)24(32)27-16-21-17-35-25(28-21)19-7-4-3-5-8-19/h3-5,7-8,10-13,17,22H,2,6,9,14-16H2,1H3,(H,27,32)(H,29,33)/t22-/m1/s1. The molecule has 0 saturated carbocycles. The molecule has 0 unspecified atom stereocenters. The number of thiazole rings is 1. The summed E-state index contributed by atoms with van der Waals surface area (Å²) in [6, 6.07) is 16.1. The summed E-state index contributed by atoms with van der Waals surface area (Å²) in [6.45, 7) is 2.94. The second kappa shape index (κ2) is 11.6. The summed E-state index contributed by atoms with van der Waals surface area (Å²) >= 11 is 1.54. The van der Waals surface area contributed by atoms with Gasteiger partial charge in [0, 0.05) is 23.2 Å². The zero-order valence-corrected chi connectivity index (χ0v) is 20.3. The van der Waals surface area contributed by atoms with E-state index < -0.39 is 6.04 Å². The molecule has 1 saturated heterocycles. The molecule has 4 rings (SSSR count). The fourth-order valence-electron chi connectivity index (χ4n) is 3.96. The van der Waals surface area contributed by atoms with Crippen molar-refractivity contribution >= 4 is 34.9 Å². The van der Waals surface area contributed by atoms with Crippen LogP contribution in [0.2, 0.25) is 0 Å². The Morgan fingerprint density at radius 2 is 1.89 bits per heavy atom. The van der Waals surface area contributed by atoms with Gasteiger partial charge in [-0.3, -0.25) is 9.59 Å². The first kappa shape index (κ1) is 24.4. The van der Waals surface area contributed by atoms with Gasteiger partial charge in [-0.25, -0.2) is 9.78 Å². The van der Waals surface area contributed by atoms with E-state index in [0.717, 1.165) is 28.2 Å². The molecular formula is C26H28N4O4S. The van der Waals surface area contributed by atoms with Gasteiger partial charge in [-0.2, -0.15) is 0 Å². The number of rotatable bonds is 8. The van der Waals surface area contributed by atoms with Crippen LogP contribution in [-0.2, 0) is 27.3 Å².